The van der Waals surface area contributed by atoms with E-state index >= 15 is 0 Å². The van der Waals surface area contributed by atoms with Crippen molar-refractivity contribution < 1.29 is 19.1 Å². The Kier molecular flexibility index (Phi) is 6.65. The number of benzene rings is 4. The van der Waals surface area contributed by atoms with Crippen molar-refractivity contribution in [2.24, 2.45) is 0 Å². The molecule has 4 aromatic carbocycles. The maximum atomic E-state index is 13.1. The van der Waals surface area contributed by atoms with E-state index in [-0.39, 0.29) is 11.6 Å². The molecule has 0 aromatic heterocycles. The number of hydrogen-bond acceptors (Lipinski definition) is 4. The zero-order valence-electron chi connectivity index (χ0n) is 18.6. The fourth-order valence-corrected chi connectivity index (χ4v) is 3.81. The first-order valence-corrected chi connectivity index (χ1v) is 10.6. The van der Waals surface area contributed by atoms with Crippen LogP contribution in [0, 0.1) is 0 Å². The maximum absolute atomic E-state index is 13.1. The molecule has 0 N–H and O–H groups in total. The summed E-state index contributed by atoms with van der Waals surface area (Å²) in [5, 5.41) is 0. The van der Waals surface area contributed by atoms with Crippen LogP contribution in [0.25, 0.3) is 0 Å². The first kappa shape index (κ1) is 22.0. The second kappa shape index (κ2) is 9.96. The van der Waals surface area contributed by atoms with Crippen LogP contribution in [0.5, 0.6) is 11.5 Å². The highest BCUT2D eigenvalue weighted by Crippen LogP contribution is 2.27. The molecule has 4 aromatic rings. The summed E-state index contributed by atoms with van der Waals surface area (Å²) >= 11 is 0. The zero-order valence-corrected chi connectivity index (χ0v) is 18.6. The second-order valence-corrected chi connectivity index (χ2v) is 7.64. The van der Waals surface area contributed by atoms with Crippen molar-refractivity contribution in [3.8, 4) is 11.5 Å². The summed E-state index contributed by atoms with van der Waals surface area (Å²) in [6.45, 7) is 0. The molecule has 0 fully saturated rings. The topological polar surface area (TPSA) is 52.6 Å². The van der Waals surface area contributed by atoms with Crippen LogP contribution in [0.4, 0.5) is 0 Å². The van der Waals surface area contributed by atoms with Gasteiger partial charge in [-0.25, -0.2) is 0 Å². The van der Waals surface area contributed by atoms with Gasteiger partial charge in [-0.2, -0.15) is 0 Å². The fraction of sp³-hybridized carbons (Fsp3) is 0.103. The van der Waals surface area contributed by atoms with Gasteiger partial charge in [0.15, 0.2) is 11.6 Å². The summed E-state index contributed by atoms with van der Waals surface area (Å²) < 4.78 is 10.9. The van der Waals surface area contributed by atoms with Crippen LogP contribution in [0.2, 0.25) is 0 Å². The van der Waals surface area contributed by atoms with E-state index in [0.29, 0.717) is 40.2 Å². The Hall–Kier alpha value is -4.18. The van der Waals surface area contributed by atoms with Gasteiger partial charge in [0.05, 0.1) is 25.3 Å². The Morgan fingerprint density at radius 2 is 0.970 bits per heavy atom. The minimum atomic E-state index is -0.0935. The van der Waals surface area contributed by atoms with Crippen LogP contribution >= 0.6 is 0 Å². The van der Waals surface area contributed by atoms with Gasteiger partial charge in [0.1, 0.15) is 11.5 Å². The lowest BCUT2D eigenvalue weighted by molar-refractivity contribution is 0.102. The van der Waals surface area contributed by atoms with Gasteiger partial charge in [0, 0.05) is 11.1 Å². The van der Waals surface area contributed by atoms with Crippen LogP contribution in [0.1, 0.15) is 43.0 Å². The predicted octanol–water partition coefficient (Wildman–Crippen LogP) is 5.76. The molecular weight excluding hydrogens is 412 g/mol. The van der Waals surface area contributed by atoms with Crippen molar-refractivity contribution >= 4 is 11.6 Å². The van der Waals surface area contributed by atoms with Gasteiger partial charge in [0.25, 0.3) is 0 Å². The predicted molar refractivity (Wildman–Crippen MR) is 129 cm³/mol. The highest BCUT2D eigenvalue weighted by molar-refractivity contribution is 6.11. The van der Waals surface area contributed by atoms with Crippen molar-refractivity contribution in [1.82, 2.24) is 0 Å². The summed E-state index contributed by atoms with van der Waals surface area (Å²) in [5.41, 5.74) is 4.11. The van der Waals surface area contributed by atoms with Crippen molar-refractivity contribution in [1.29, 1.82) is 0 Å². The standard InChI is InChI=1S/C29H24O4/c1-32-26-15-13-20(18-24(26)28(30)22-9-5-3-6-10-22)17-21-14-16-27(33-2)25(19-21)29(31)23-11-7-4-8-12-23/h3-16,18-19H,17H2,1-2H3. The molecule has 0 unspecified atom stereocenters. The lowest BCUT2D eigenvalue weighted by Gasteiger charge is -2.13. The maximum Gasteiger partial charge on any atom is 0.196 e. The monoisotopic (exact) mass is 436 g/mol. The number of methoxy groups -OCH3 is 2. The Bertz CT molecular complexity index is 1180. The quantitative estimate of drug-likeness (QED) is 0.330. The zero-order chi connectivity index (χ0) is 23.2. The van der Waals surface area contributed by atoms with Gasteiger partial charge in [-0.1, -0.05) is 72.8 Å². The van der Waals surface area contributed by atoms with Gasteiger partial charge in [0.2, 0.25) is 0 Å². The summed E-state index contributed by atoms with van der Waals surface area (Å²) in [5.74, 6) is 0.873. The van der Waals surface area contributed by atoms with Crippen molar-refractivity contribution in [2.75, 3.05) is 14.2 Å². The molecule has 0 aliphatic rings. The highest BCUT2D eigenvalue weighted by Gasteiger charge is 2.17. The fourth-order valence-electron chi connectivity index (χ4n) is 3.81. The number of hydrogen-bond donors (Lipinski definition) is 0. The van der Waals surface area contributed by atoms with E-state index in [1.807, 2.05) is 72.8 Å². The third kappa shape index (κ3) is 4.85. The molecule has 0 atom stereocenters. The molecule has 0 spiro atoms. The van der Waals surface area contributed by atoms with Gasteiger partial charge < -0.3 is 9.47 Å². The SMILES string of the molecule is COc1ccc(Cc2ccc(OC)c(C(=O)c3ccccc3)c2)cc1C(=O)c1ccccc1. The van der Waals surface area contributed by atoms with Gasteiger partial charge in [-0.3, -0.25) is 9.59 Å². The van der Waals surface area contributed by atoms with E-state index in [1.54, 1.807) is 38.5 Å². The minimum Gasteiger partial charge on any atom is -0.496 e. The summed E-state index contributed by atoms with van der Waals surface area (Å²) in [4.78, 5) is 26.1. The molecule has 0 amide bonds. The van der Waals surface area contributed by atoms with E-state index in [1.165, 1.54) is 0 Å². The first-order chi connectivity index (χ1) is 16.1. The molecule has 0 radical (unpaired) electrons. The molecule has 4 rings (SSSR count). The summed E-state index contributed by atoms with van der Waals surface area (Å²) in [6.07, 6.45) is 0.554. The van der Waals surface area contributed by atoms with Gasteiger partial charge >= 0.3 is 0 Å². The van der Waals surface area contributed by atoms with E-state index in [2.05, 4.69) is 0 Å². The lowest BCUT2D eigenvalue weighted by atomic mass is 9.95. The van der Waals surface area contributed by atoms with Crippen LogP contribution in [0.3, 0.4) is 0 Å². The van der Waals surface area contributed by atoms with Crippen LogP contribution in [0.15, 0.2) is 97.1 Å². The Morgan fingerprint density at radius 1 is 0.576 bits per heavy atom. The molecule has 0 heterocycles. The van der Waals surface area contributed by atoms with Crippen molar-refractivity contribution in [3.05, 3.63) is 130 Å². The van der Waals surface area contributed by atoms with Crippen molar-refractivity contribution in [3.63, 3.8) is 0 Å². The molecule has 33 heavy (non-hydrogen) atoms. The van der Waals surface area contributed by atoms with E-state index in [4.69, 9.17) is 9.47 Å². The molecule has 164 valence electrons. The number of carbonyl (C=O) groups is 2. The number of carbonyl (C=O) groups excluding carboxylic acids is 2. The minimum absolute atomic E-state index is 0.0935. The average Bonchev–Trinajstić information content (AvgIpc) is 2.88. The molecule has 0 saturated carbocycles. The molecular formula is C29H24O4. The van der Waals surface area contributed by atoms with Crippen LogP contribution < -0.4 is 9.47 Å². The third-order valence-corrected chi connectivity index (χ3v) is 5.50. The Balaban J connectivity index is 1.67. The van der Waals surface area contributed by atoms with Gasteiger partial charge in [-0.05, 0) is 41.8 Å². The third-order valence-electron chi connectivity index (χ3n) is 5.50. The Morgan fingerprint density at radius 3 is 1.33 bits per heavy atom. The highest BCUT2D eigenvalue weighted by atomic mass is 16.5. The number of rotatable bonds is 8. The van der Waals surface area contributed by atoms with Gasteiger partial charge in [-0.15, -0.1) is 0 Å². The molecule has 4 nitrogen and oxygen atoms in total. The number of ketones is 2. The smallest absolute Gasteiger partial charge is 0.196 e. The number of ether oxygens (including phenoxy) is 2. The largest absolute Gasteiger partial charge is 0.496 e. The molecule has 4 heteroatoms. The van der Waals surface area contributed by atoms with E-state index in [9.17, 15) is 9.59 Å². The summed E-state index contributed by atoms with van der Waals surface area (Å²) in [6, 6.07) is 29.5. The van der Waals surface area contributed by atoms with Crippen LogP contribution in [-0.4, -0.2) is 25.8 Å². The first-order valence-electron chi connectivity index (χ1n) is 10.6. The summed E-state index contributed by atoms with van der Waals surface area (Å²) in [7, 11) is 3.11. The van der Waals surface area contributed by atoms with Crippen molar-refractivity contribution in [2.45, 2.75) is 6.42 Å². The molecule has 0 aliphatic carbocycles. The normalized spacial score (nSPS) is 10.5. The Labute approximate surface area is 193 Å². The van der Waals surface area contributed by atoms with Crippen LogP contribution in [-0.2, 0) is 6.42 Å². The lowest BCUT2D eigenvalue weighted by Crippen LogP contribution is -2.06. The molecule has 0 aliphatic heterocycles. The average molecular weight is 437 g/mol. The molecule has 0 bridgehead atoms. The van der Waals surface area contributed by atoms with E-state index < -0.39 is 0 Å². The second-order valence-electron chi connectivity index (χ2n) is 7.64. The van der Waals surface area contributed by atoms with E-state index in [0.717, 1.165) is 11.1 Å². The molecule has 0 saturated heterocycles.